The highest BCUT2D eigenvalue weighted by Crippen LogP contribution is 2.32. The Labute approximate surface area is 77.8 Å². The molecule has 1 fully saturated rings. The second-order valence-electron chi connectivity index (χ2n) is 3.78. The number of esters is 1. The Bertz CT molecular complexity index is 194. The van der Waals surface area contributed by atoms with E-state index in [1.807, 2.05) is 6.92 Å². The van der Waals surface area contributed by atoms with Gasteiger partial charge in [-0.15, -0.1) is 0 Å². The molecule has 1 saturated heterocycles. The number of rotatable bonds is 3. The first-order valence-electron chi connectivity index (χ1n) is 4.48. The quantitative estimate of drug-likeness (QED) is 0.662. The Hall–Kier alpha value is -0.610. The zero-order valence-corrected chi connectivity index (χ0v) is 8.24. The lowest BCUT2D eigenvalue weighted by atomic mass is 9.89. The van der Waals surface area contributed by atoms with Crippen LogP contribution in [0.25, 0.3) is 0 Å². The average Bonchev–Trinajstić information content (AvgIpc) is 2.30. The minimum Gasteiger partial charge on any atom is -0.435 e. The van der Waals surface area contributed by atoms with Crippen LogP contribution in [0.15, 0.2) is 0 Å². The van der Waals surface area contributed by atoms with Gasteiger partial charge in [0.25, 0.3) is 0 Å². The summed E-state index contributed by atoms with van der Waals surface area (Å²) in [5.41, 5.74) is -0.938. The first-order valence-corrected chi connectivity index (χ1v) is 4.48. The van der Waals surface area contributed by atoms with E-state index >= 15 is 0 Å². The summed E-state index contributed by atoms with van der Waals surface area (Å²) in [5.74, 6) is -0.564. The fourth-order valence-corrected chi connectivity index (χ4v) is 1.43. The normalized spacial score (nSPS) is 29.1. The molecule has 0 aromatic rings. The lowest BCUT2D eigenvalue weighted by molar-refractivity contribution is -0.176. The molecular weight excluding hydrogens is 172 g/mol. The van der Waals surface area contributed by atoms with Gasteiger partial charge in [-0.3, -0.25) is 4.79 Å². The Balaban J connectivity index is 2.66. The van der Waals surface area contributed by atoms with Gasteiger partial charge >= 0.3 is 5.97 Å². The van der Waals surface area contributed by atoms with Crippen LogP contribution in [-0.2, 0) is 14.3 Å². The van der Waals surface area contributed by atoms with Crippen LogP contribution in [0.3, 0.4) is 0 Å². The number of carbonyl (C=O) groups is 1. The second kappa shape index (κ2) is 3.64. The molecule has 1 rings (SSSR count). The molecule has 1 aliphatic rings. The number of cyclic esters (lactones) is 1. The number of ether oxygens (including phenoxy) is 2. The molecule has 0 aromatic carbocycles. The van der Waals surface area contributed by atoms with Crippen molar-refractivity contribution in [2.75, 3.05) is 6.61 Å². The van der Waals surface area contributed by atoms with Crippen LogP contribution < -0.4 is 0 Å². The Morgan fingerprint density at radius 2 is 2.31 bits per heavy atom. The van der Waals surface area contributed by atoms with E-state index in [0.29, 0.717) is 6.61 Å². The minimum atomic E-state index is -0.938. The van der Waals surface area contributed by atoms with Gasteiger partial charge in [0, 0.05) is 6.61 Å². The van der Waals surface area contributed by atoms with Crippen LogP contribution in [0.2, 0.25) is 0 Å². The van der Waals surface area contributed by atoms with E-state index in [9.17, 15) is 9.90 Å². The smallest absolute Gasteiger partial charge is 0.308 e. The van der Waals surface area contributed by atoms with Crippen molar-refractivity contribution in [3.05, 3.63) is 0 Å². The van der Waals surface area contributed by atoms with Crippen molar-refractivity contribution in [1.29, 1.82) is 0 Å². The number of hydrogen-bond donors (Lipinski definition) is 1. The maximum atomic E-state index is 11.0. The van der Waals surface area contributed by atoms with E-state index in [2.05, 4.69) is 0 Å². The molecule has 0 aromatic heterocycles. The third-order valence-corrected chi connectivity index (χ3v) is 2.20. The largest absolute Gasteiger partial charge is 0.435 e. The maximum Gasteiger partial charge on any atom is 0.308 e. The maximum absolute atomic E-state index is 11.0. The fraction of sp³-hybridized carbons (Fsp3) is 0.889. The van der Waals surface area contributed by atoms with Gasteiger partial charge in [0.15, 0.2) is 0 Å². The highest BCUT2D eigenvalue weighted by atomic mass is 16.7. The van der Waals surface area contributed by atoms with Crippen molar-refractivity contribution < 1.29 is 19.4 Å². The molecule has 0 unspecified atom stereocenters. The van der Waals surface area contributed by atoms with E-state index in [1.54, 1.807) is 13.8 Å². The van der Waals surface area contributed by atoms with Crippen molar-refractivity contribution in [3.8, 4) is 0 Å². The number of aliphatic hydroxyl groups is 1. The molecule has 13 heavy (non-hydrogen) atoms. The van der Waals surface area contributed by atoms with Crippen LogP contribution in [0.5, 0.6) is 0 Å². The predicted molar refractivity (Wildman–Crippen MR) is 45.9 cm³/mol. The molecule has 1 N–H and O–H groups in total. The van der Waals surface area contributed by atoms with E-state index in [4.69, 9.17) is 9.47 Å². The predicted octanol–water partition coefficient (Wildman–Crippen LogP) is 0.683. The molecule has 0 aliphatic carbocycles. The molecule has 4 nitrogen and oxygen atoms in total. The number of hydrogen-bond acceptors (Lipinski definition) is 4. The SMILES string of the molecule is CCO[C@H]1OC(=O)C[C@H]1C(C)(C)O. The highest BCUT2D eigenvalue weighted by molar-refractivity contribution is 5.72. The van der Waals surface area contributed by atoms with Crippen LogP contribution in [-0.4, -0.2) is 29.6 Å². The van der Waals surface area contributed by atoms with E-state index in [1.165, 1.54) is 0 Å². The zero-order chi connectivity index (χ0) is 10.1. The van der Waals surface area contributed by atoms with Crippen molar-refractivity contribution in [2.45, 2.75) is 39.1 Å². The van der Waals surface area contributed by atoms with E-state index in [0.717, 1.165) is 0 Å². The Morgan fingerprint density at radius 3 is 2.77 bits per heavy atom. The second-order valence-corrected chi connectivity index (χ2v) is 3.78. The number of carbonyl (C=O) groups excluding carboxylic acids is 1. The average molecular weight is 188 g/mol. The third-order valence-electron chi connectivity index (χ3n) is 2.20. The summed E-state index contributed by atoms with van der Waals surface area (Å²) < 4.78 is 10.1. The molecule has 0 bridgehead atoms. The van der Waals surface area contributed by atoms with Gasteiger partial charge < -0.3 is 14.6 Å². The topological polar surface area (TPSA) is 55.8 Å². The van der Waals surface area contributed by atoms with Crippen LogP contribution in [0, 0.1) is 5.92 Å². The molecule has 1 heterocycles. The first kappa shape index (κ1) is 10.5. The van der Waals surface area contributed by atoms with Crippen molar-refractivity contribution >= 4 is 5.97 Å². The molecule has 0 radical (unpaired) electrons. The minimum absolute atomic E-state index is 0.230. The van der Waals surface area contributed by atoms with Crippen molar-refractivity contribution in [3.63, 3.8) is 0 Å². The van der Waals surface area contributed by atoms with E-state index in [-0.39, 0.29) is 18.3 Å². The Morgan fingerprint density at radius 1 is 1.69 bits per heavy atom. The van der Waals surface area contributed by atoms with Crippen molar-refractivity contribution in [1.82, 2.24) is 0 Å². The highest BCUT2D eigenvalue weighted by Gasteiger charge is 2.44. The van der Waals surface area contributed by atoms with Crippen LogP contribution in [0.1, 0.15) is 27.2 Å². The van der Waals surface area contributed by atoms with Crippen LogP contribution >= 0.6 is 0 Å². The lowest BCUT2D eigenvalue weighted by Crippen LogP contribution is -2.37. The van der Waals surface area contributed by atoms with E-state index < -0.39 is 11.9 Å². The molecule has 0 spiro atoms. The summed E-state index contributed by atoms with van der Waals surface area (Å²) in [4.78, 5) is 11.0. The van der Waals surface area contributed by atoms with Gasteiger partial charge in [-0.25, -0.2) is 0 Å². The molecule has 4 heteroatoms. The molecule has 0 amide bonds. The molecule has 2 atom stereocenters. The Kier molecular flexibility index (Phi) is 2.93. The van der Waals surface area contributed by atoms with Gasteiger partial charge in [0.05, 0.1) is 17.9 Å². The van der Waals surface area contributed by atoms with Gasteiger partial charge in [-0.1, -0.05) is 0 Å². The molecule has 0 saturated carbocycles. The van der Waals surface area contributed by atoms with Crippen LogP contribution in [0.4, 0.5) is 0 Å². The summed E-state index contributed by atoms with van der Waals surface area (Å²) in [5, 5.41) is 9.72. The third kappa shape index (κ3) is 2.42. The van der Waals surface area contributed by atoms with Gasteiger partial charge in [-0.05, 0) is 20.8 Å². The van der Waals surface area contributed by atoms with Crippen molar-refractivity contribution in [2.24, 2.45) is 5.92 Å². The summed E-state index contributed by atoms with van der Waals surface area (Å²) in [6, 6.07) is 0. The zero-order valence-electron chi connectivity index (χ0n) is 8.24. The molecule has 1 aliphatic heterocycles. The van der Waals surface area contributed by atoms with Gasteiger partial charge in [0.1, 0.15) is 0 Å². The molecule has 76 valence electrons. The summed E-state index contributed by atoms with van der Waals surface area (Å²) in [6.45, 7) is 5.62. The fourth-order valence-electron chi connectivity index (χ4n) is 1.43. The monoisotopic (exact) mass is 188 g/mol. The molecular formula is C9H16O4. The standard InChI is InChI=1S/C9H16O4/c1-4-12-8-6(9(2,3)11)5-7(10)13-8/h6,8,11H,4-5H2,1-3H3/t6-,8+/m1/s1. The lowest BCUT2D eigenvalue weighted by Gasteiger charge is -2.27. The summed E-state index contributed by atoms with van der Waals surface area (Å²) in [7, 11) is 0. The summed E-state index contributed by atoms with van der Waals surface area (Å²) in [6.07, 6.45) is -0.355. The van der Waals surface area contributed by atoms with Gasteiger partial charge in [0.2, 0.25) is 6.29 Å². The first-order chi connectivity index (χ1) is 5.95. The summed E-state index contributed by atoms with van der Waals surface area (Å²) >= 11 is 0. The van der Waals surface area contributed by atoms with Gasteiger partial charge in [-0.2, -0.15) is 0 Å².